The van der Waals surface area contributed by atoms with Gasteiger partial charge in [-0.1, -0.05) is 31.0 Å². The summed E-state index contributed by atoms with van der Waals surface area (Å²) < 4.78 is 0. The Hall–Kier alpha value is -1.42. The minimum atomic E-state index is -0.298. The van der Waals surface area contributed by atoms with Gasteiger partial charge in [0.05, 0.1) is 4.92 Å². The fourth-order valence-corrected chi connectivity index (χ4v) is 3.10. The van der Waals surface area contributed by atoms with Gasteiger partial charge in [0, 0.05) is 23.7 Å². The maximum Gasteiger partial charge on any atom is 0.274 e. The summed E-state index contributed by atoms with van der Waals surface area (Å²) in [6, 6.07) is 7.43. The van der Waals surface area contributed by atoms with Crippen LogP contribution in [0.1, 0.15) is 51.1 Å². The van der Waals surface area contributed by atoms with Gasteiger partial charge < -0.3 is 5.32 Å². The van der Waals surface area contributed by atoms with E-state index >= 15 is 0 Å². The van der Waals surface area contributed by atoms with Crippen LogP contribution in [0.5, 0.6) is 0 Å². The zero-order valence-corrected chi connectivity index (χ0v) is 11.6. The van der Waals surface area contributed by atoms with Crippen molar-refractivity contribution in [3.8, 4) is 0 Å². The SMILES string of the molecule is CC(NC(C)C1CCCC1)c1ccccc1[N+](=O)[O-]. The van der Waals surface area contributed by atoms with Crippen LogP contribution in [0.3, 0.4) is 0 Å². The van der Waals surface area contributed by atoms with Crippen LogP contribution in [0.4, 0.5) is 5.69 Å². The molecule has 0 spiro atoms. The second-order valence-corrected chi connectivity index (χ2v) is 5.54. The molecule has 2 atom stereocenters. The van der Waals surface area contributed by atoms with Gasteiger partial charge in [0.1, 0.15) is 0 Å². The number of nitro groups is 1. The molecule has 0 aromatic heterocycles. The molecule has 0 heterocycles. The van der Waals surface area contributed by atoms with E-state index in [1.165, 1.54) is 25.7 Å². The summed E-state index contributed by atoms with van der Waals surface area (Å²) in [6.45, 7) is 4.20. The van der Waals surface area contributed by atoms with Crippen molar-refractivity contribution in [1.29, 1.82) is 0 Å². The molecule has 1 N–H and O–H groups in total. The second kappa shape index (κ2) is 6.15. The summed E-state index contributed by atoms with van der Waals surface area (Å²) in [5, 5.41) is 14.6. The van der Waals surface area contributed by atoms with Gasteiger partial charge in [0.15, 0.2) is 0 Å². The van der Waals surface area contributed by atoms with Crippen molar-refractivity contribution < 1.29 is 4.92 Å². The maximum absolute atomic E-state index is 11.0. The largest absolute Gasteiger partial charge is 0.307 e. The molecule has 1 aliphatic rings. The first kappa shape index (κ1) is 14.0. The quantitative estimate of drug-likeness (QED) is 0.648. The van der Waals surface area contributed by atoms with Crippen molar-refractivity contribution in [2.75, 3.05) is 0 Å². The van der Waals surface area contributed by atoms with Crippen molar-refractivity contribution in [3.63, 3.8) is 0 Å². The molecular weight excluding hydrogens is 240 g/mol. The highest BCUT2D eigenvalue weighted by Gasteiger charge is 2.25. The lowest BCUT2D eigenvalue weighted by atomic mass is 9.97. The topological polar surface area (TPSA) is 55.2 Å². The smallest absolute Gasteiger partial charge is 0.274 e. The Balaban J connectivity index is 2.06. The lowest BCUT2D eigenvalue weighted by molar-refractivity contribution is -0.385. The van der Waals surface area contributed by atoms with E-state index in [1.54, 1.807) is 12.1 Å². The number of nitro benzene ring substituents is 1. The average Bonchev–Trinajstić information content (AvgIpc) is 2.92. The minimum absolute atomic E-state index is 0.0113. The molecule has 1 aliphatic carbocycles. The first-order chi connectivity index (χ1) is 9.09. The van der Waals surface area contributed by atoms with Gasteiger partial charge in [-0.25, -0.2) is 0 Å². The molecule has 0 amide bonds. The van der Waals surface area contributed by atoms with Crippen LogP contribution in [0.25, 0.3) is 0 Å². The van der Waals surface area contributed by atoms with E-state index in [9.17, 15) is 10.1 Å². The summed E-state index contributed by atoms with van der Waals surface area (Å²) in [6.07, 6.45) is 5.18. The lowest BCUT2D eigenvalue weighted by Crippen LogP contribution is -2.34. The van der Waals surface area contributed by atoms with Crippen LogP contribution >= 0.6 is 0 Å². The third-order valence-corrected chi connectivity index (χ3v) is 4.22. The maximum atomic E-state index is 11.0. The third kappa shape index (κ3) is 3.32. The molecule has 19 heavy (non-hydrogen) atoms. The average molecular weight is 262 g/mol. The van der Waals surface area contributed by atoms with Crippen molar-refractivity contribution >= 4 is 5.69 Å². The van der Waals surface area contributed by atoms with Crippen molar-refractivity contribution in [2.24, 2.45) is 5.92 Å². The number of nitrogens with one attached hydrogen (secondary N) is 1. The van der Waals surface area contributed by atoms with Gasteiger partial charge in [0.2, 0.25) is 0 Å². The molecule has 104 valence electrons. The van der Waals surface area contributed by atoms with Crippen LogP contribution in [0, 0.1) is 16.0 Å². The predicted molar refractivity (Wildman–Crippen MR) is 76.1 cm³/mol. The summed E-state index contributed by atoms with van der Waals surface area (Å²) in [5.74, 6) is 0.713. The van der Waals surface area contributed by atoms with E-state index in [0.717, 1.165) is 5.56 Å². The second-order valence-electron chi connectivity index (χ2n) is 5.54. The number of hydrogen-bond donors (Lipinski definition) is 1. The summed E-state index contributed by atoms with van der Waals surface area (Å²) >= 11 is 0. The zero-order valence-electron chi connectivity index (χ0n) is 11.6. The fraction of sp³-hybridized carbons (Fsp3) is 0.600. The number of hydrogen-bond acceptors (Lipinski definition) is 3. The van der Waals surface area contributed by atoms with E-state index in [0.29, 0.717) is 12.0 Å². The highest BCUT2D eigenvalue weighted by molar-refractivity contribution is 5.41. The van der Waals surface area contributed by atoms with E-state index in [2.05, 4.69) is 12.2 Å². The lowest BCUT2D eigenvalue weighted by Gasteiger charge is -2.25. The summed E-state index contributed by atoms with van der Waals surface area (Å²) in [5.41, 5.74) is 0.985. The van der Waals surface area contributed by atoms with Gasteiger partial charge in [-0.3, -0.25) is 10.1 Å². The molecule has 2 unspecified atom stereocenters. The first-order valence-electron chi connectivity index (χ1n) is 7.09. The highest BCUT2D eigenvalue weighted by Crippen LogP contribution is 2.30. The molecule has 0 saturated heterocycles. The van der Waals surface area contributed by atoms with Crippen LogP contribution in [0.15, 0.2) is 24.3 Å². The normalized spacial score (nSPS) is 19.3. The number of rotatable bonds is 5. The zero-order chi connectivity index (χ0) is 13.8. The minimum Gasteiger partial charge on any atom is -0.307 e. The molecule has 0 bridgehead atoms. The molecule has 1 aromatic carbocycles. The Kier molecular flexibility index (Phi) is 4.53. The van der Waals surface area contributed by atoms with Crippen LogP contribution in [0.2, 0.25) is 0 Å². The molecule has 2 rings (SSSR count). The van der Waals surface area contributed by atoms with Crippen molar-refractivity contribution in [2.45, 2.75) is 51.6 Å². The first-order valence-corrected chi connectivity index (χ1v) is 7.09. The van der Waals surface area contributed by atoms with Gasteiger partial charge >= 0.3 is 0 Å². The van der Waals surface area contributed by atoms with Gasteiger partial charge in [-0.15, -0.1) is 0 Å². The fourth-order valence-electron chi connectivity index (χ4n) is 3.10. The molecule has 4 heteroatoms. The standard InChI is InChI=1S/C15H22N2O2/c1-11(13-7-3-4-8-13)16-12(2)14-9-5-6-10-15(14)17(18)19/h5-6,9-13,16H,3-4,7-8H2,1-2H3. The Morgan fingerprint density at radius 3 is 2.53 bits per heavy atom. The Morgan fingerprint density at radius 2 is 1.89 bits per heavy atom. The van der Waals surface area contributed by atoms with Gasteiger partial charge in [0.25, 0.3) is 5.69 Å². The van der Waals surface area contributed by atoms with Crippen LogP contribution < -0.4 is 5.32 Å². The molecule has 0 radical (unpaired) electrons. The summed E-state index contributed by atoms with van der Waals surface area (Å²) in [4.78, 5) is 10.7. The number of nitrogens with zero attached hydrogens (tertiary/aromatic N) is 1. The van der Waals surface area contributed by atoms with Gasteiger partial charge in [-0.05, 0) is 32.6 Å². The monoisotopic (exact) mass is 262 g/mol. The van der Waals surface area contributed by atoms with E-state index in [-0.39, 0.29) is 16.7 Å². The van der Waals surface area contributed by atoms with Crippen LogP contribution in [-0.4, -0.2) is 11.0 Å². The van der Waals surface area contributed by atoms with Gasteiger partial charge in [-0.2, -0.15) is 0 Å². The molecule has 1 aromatic rings. The molecular formula is C15H22N2O2. The molecule has 1 saturated carbocycles. The van der Waals surface area contributed by atoms with Crippen molar-refractivity contribution in [1.82, 2.24) is 5.32 Å². The number of benzene rings is 1. The Morgan fingerprint density at radius 1 is 1.26 bits per heavy atom. The highest BCUT2D eigenvalue weighted by atomic mass is 16.6. The molecule has 1 fully saturated rings. The Bertz CT molecular complexity index is 442. The van der Waals surface area contributed by atoms with Crippen LogP contribution in [-0.2, 0) is 0 Å². The third-order valence-electron chi connectivity index (χ3n) is 4.22. The summed E-state index contributed by atoms with van der Waals surface area (Å²) in [7, 11) is 0. The predicted octanol–water partition coefficient (Wildman–Crippen LogP) is 3.82. The van der Waals surface area contributed by atoms with E-state index < -0.39 is 0 Å². The molecule has 4 nitrogen and oxygen atoms in total. The molecule has 0 aliphatic heterocycles. The number of para-hydroxylation sites is 1. The van der Waals surface area contributed by atoms with E-state index in [1.807, 2.05) is 19.1 Å². The van der Waals surface area contributed by atoms with E-state index in [4.69, 9.17) is 0 Å². The van der Waals surface area contributed by atoms with Crippen molar-refractivity contribution in [3.05, 3.63) is 39.9 Å². The Labute approximate surface area is 114 Å².